The highest BCUT2D eigenvalue weighted by atomic mass is 35.5. The number of ether oxygens (including phenoxy) is 5. The number of anilines is 2. The summed E-state index contributed by atoms with van der Waals surface area (Å²) in [5.41, 5.74) is 18.8. The Morgan fingerprint density at radius 1 is 0.720 bits per heavy atom. The Labute approximate surface area is 443 Å². The molecule has 0 spiro atoms. The van der Waals surface area contributed by atoms with Gasteiger partial charge in [-0.25, -0.2) is 34.7 Å². The molecule has 6 N–H and O–H groups in total. The highest BCUT2D eigenvalue weighted by Crippen LogP contribution is 2.45. The molecule has 4 aromatic heterocycles. The molecule has 394 valence electrons. The van der Waals surface area contributed by atoms with Crippen molar-refractivity contribution in [2.24, 2.45) is 11.8 Å². The maximum atomic E-state index is 13.1. The van der Waals surface area contributed by atoms with Crippen molar-refractivity contribution < 1.29 is 33.6 Å². The zero-order valence-corrected chi connectivity index (χ0v) is 43.9. The lowest BCUT2D eigenvalue weighted by Crippen LogP contribution is -2.42. The minimum atomic E-state index is -0.578. The van der Waals surface area contributed by atoms with Gasteiger partial charge in [-0.3, -0.25) is 0 Å². The number of hydrogen-bond acceptors (Lipinski definition) is 16. The lowest BCUT2D eigenvalue weighted by Gasteiger charge is -2.34. The number of halogens is 1. The maximum absolute atomic E-state index is 13.1. The Balaban J connectivity index is 0.000000198. The lowest BCUT2D eigenvalue weighted by atomic mass is 9.88. The number of carbonyl (C=O) groups excluding carboxylic acids is 1. The third kappa shape index (κ3) is 12.7. The average Bonchev–Trinajstić information content (AvgIpc) is 4.37. The summed E-state index contributed by atoms with van der Waals surface area (Å²) in [7, 11) is 1.65. The number of amides is 1. The Bertz CT molecular complexity index is 3130. The van der Waals surface area contributed by atoms with Gasteiger partial charge in [-0.1, -0.05) is 24.3 Å². The fourth-order valence-corrected chi connectivity index (χ4v) is 9.74. The Kier molecular flexibility index (Phi) is 16.2. The van der Waals surface area contributed by atoms with Gasteiger partial charge >= 0.3 is 6.09 Å². The van der Waals surface area contributed by atoms with Gasteiger partial charge in [0.25, 0.3) is 0 Å². The monoisotopic (exact) mass is 1040 g/mol. The van der Waals surface area contributed by atoms with Crippen molar-refractivity contribution in [3.8, 4) is 51.3 Å². The molecule has 7 aromatic rings. The first-order chi connectivity index (χ1) is 35.9. The minimum Gasteiger partial charge on any atom is -0.507 e. The van der Waals surface area contributed by atoms with Crippen LogP contribution in [0.4, 0.5) is 16.4 Å². The second kappa shape index (κ2) is 23.1. The van der Waals surface area contributed by atoms with Crippen LogP contribution in [0.2, 0.25) is 0 Å². The SMILES string of the molecule is COc1ccc(COc2cccc(OCC3CC3)c2-c2cc(C3CCCN(C(=O)OC(C)(C)C)C3)c3c(N)ncnc3n2)cc1.Cl.Nc1ncnc2nc(-c3c(O)cccc3OCC3CC3)cc(C3CCCNC3)c12. The molecular weight excluding hydrogens is 972 g/mol. The molecule has 2 aliphatic heterocycles. The Hall–Kier alpha value is -7.24. The smallest absolute Gasteiger partial charge is 0.410 e. The van der Waals surface area contributed by atoms with E-state index < -0.39 is 5.60 Å². The first kappa shape index (κ1) is 52.6. The highest BCUT2D eigenvalue weighted by molar-refractivity contribution is 5.93. The summed E-state index contributed by atoms with van der Waals surface area (Å²) < 4.78 is 29.9. The van der Waals surface area contributed by atoms with Gasteiger partial charge in [-0.15, -0.1) is 12.4 Å². The molecule has 2 aliphatic carbocycles. The topological polar surface area (TPSA) is 228 Å². The van der Waals surface area contributed by atoms with Crippen LogP contribution in [0.1, 0.15) is 101 Å². The molecule has 18 heteroatoms. The van der Waals surface area contributed by atoms with Gasteiger partial charge in [0, 0.05) is 25.6 Å². The first-order valence-electron chi connectivity index (χ1n) is 25.9. The number of nitrogen functional groups attached to an aromatic ring is 2. The summed E-state index contributed by atoms with van der Waals surface area (Å²) in [6, 6.07) is 23.1. The number of phenols is 1. The van der Waals surface area contributed by atoms with E-state index in [4.69, 9.17) is 45.1 Å². The van der Waals surface area contributed by atoms with E-state index in [9.17, 15) is 9.90 Å². The molecule has 75 heavy (non-hydrogen) atoms. The van der Waals surface area contributed by atoms with Crippen molar-refractivity contribution in [2.45, 2.75) is 96.2 Å². The number of aromatic hydroxyl groups is 1. The van der Waals surface area contributed by atoms with Crippen molar-refractivity contribution in [3.63, 3.8) is 0 Å². The zero-order chi connectivity index (χ0) is 51.3. The number of benzene rings is 3. The second-order valence-electron chi connectivity index (χ2n) is 20.8. The van der Waals surface area contributed by atoms with E-state index in [0.29, 0.717) is 113 Å². The number of nitrogens with one attached hydrogen (secondary N) is 1. The molecule has 2 atom stereocenters. The molecule has 2 saturated heterocycles. The normalized spacial score (nSPS) is 17.6. The number of pyridine rings is 2. The van der Waals surface area contributed by atoms with Gasteiger partial charge in [-0.05, 0) is 162 Å². The summed E-state index contributed by atoms with van der Waals surface area (Å²) >= 11 is 0. The quantitative estimate of drug-likeness (QED) is 0.0794. The number of nitrogens with zero attached hydrogens (tertiary/aromatic N) is 7. The molecule has 0 radical (unpaired) electrons. The second-order valence-corrected chi connectivity index (χ2v) is 20.8. The number of fused-ring (bicyclic) bond motifs is 2. The third-order valence-electron chi connectivity index (χ3n) is 14.0. The molecule has 2 saturated carbocycles. The average molecular weight is 1040 g/mol. The van der Waals surface area contributed by atoms with E-state index in [-0.39, 0.29) is 30.2 Å². The third-order valence-corrected chi connectivity index (χ3v) is 14.0. The molecule has 4 aliphatic rings. The van der Waals surface area contributed by atoms with Crippen LogP contribution in [0.3, 0.4) is 0 Å². The molecule has 11 rings (SSSR count). The molecule has 17 nitrogen and oxygen atoms in total. The Morgan fingerprint density at radius 3 is 1.85 bits per heavy atom. The molecule has 3 aromatic carbocycles. The van der Waals surface area contributed by atoms with Crippen LogP contribution < -0.4 is 35.7 Å². The van der Waals surface area contributed by atoms with E-state index in [2.05, 4.69) is 25.3 Å². The summed E-state index contributed by atoms with van der Waals surface area (Å²) in [6.45, 7) is 10.3. The number of methoxy groups -OCH3 is 1. The number of aromatic nitrogens is 6. The van der Waals surface area contributed by atoms with Gasteiger partial charge in [0.15, 0.2) is 11.3 Å². The van der Waals surface area contributed by atoms with Crippen LogP contribution >= 0.6 is 12.4 Å². The predicted molar refractivity (Wildman–Crippen MR) is 292 cm³/mol. The number of phenolic OH excluding ortho intramolecular Hbond substituents is 1. The number of nitrogens with two attached hydrogens (primary N) is 2. The van der Waals surface area contributed by atoms with Gasteiger partial charge in [0.1, 0.15) is 65.2 Å². The summed E-state index contributed by atoms with van der Waals surface area (Å²) in [6.07, 6.45) is 11.2. The summed E-state index contributed by atoms with van der Waals surface area (Å²) in [5.74, 6) is 5.20. The number of rotatable bonds is 14. The minimum absolute atomic E-state index is 0. The van der Waals surface area contributed by atoms with Crippen molar-refractivity contribution in [2.75, 3.05) is 58.0 Å². The van der Waals surface area contributed by atoms with Gasteiger partial charge in [0.05, 0.1) is 53.6 Å². The lowest BCUT2D eigenvalue weighted by molar-refractivity contribution is 0.0198. The fraction of sp³-hybridized carbons (Fsp3) is 0.421. The van der Waals surface area contributed by atoms with Crippen LogP contribution in [0.25, 0.3) is 44.6 Å². The van der Waals surface area contributed by atoms with E-state index in [1.165, 1.54) is 38.3 Å². The molecular formula is C57H67ClN10O7. The van der Waals surface area contributed by atoms with E-state index >= 15 is 0 Å². The van der Waals surface area contributed by atoms with Crippen LogP contribution in [-0.4, -0.2) is 98.1 Å². The van der Waals surface area contributed by atoms with Crippen LogP contribution in [0.5, 0.6) is 28.7 Å². The Morgan fingerprint density at radius 2 is 1.28 bits per heavy atom. The molecule has 4 fully saturated rings. The van der Waals surface area contributed by atoms with Crippen LogP contribution in [-0.2, 0) is 11.3 Å². The maximum Gasteiger partial charge on any atom is 0.410 e. The standard InChI is InChI=1S/C35H41N5O5.C22H25N5O2.ClH/c1-35(2,3)45-34(41)40-16-6-7-24(18-40)26-17-27(39-33-30(26)32(36)37-21-38-33)31-28(43-19-22-10-11-22)8-5-9-29(31)44-20-23-12-14-25(42-4)15-13-23;23-21-19-15(14-3-2-8-24-10-14)9-16(27-22(19)26-12-25-21)20-17(28)4-1-5-18(20)29-11-13-6-7-13;/h5,8-9,12-15,17,21-22,24H,6-7,10-11,16,18-20H2,1-4H3,(H2,36,37,38,39);1,4-5,9,12-14,24,28H,2-3,6-8,10-11H2,(H2,23,25,26,27);1H. The van der Waals surface area contributed by atoms with Gasteiger partial charge in [-0.2, -0.15) is 0 Å². The molecule has 2 unspecified atom stereocenters. The van der Waals surface area contributed by atoms with Crippen molar-refractivity contribution >= 4 is 52.2 Å². The van der Waals surface area contributed by atoms with Crippen molar-refractivity contribution in [1.29, 1.82) is 0 Å². The van der Waals surface area contributed by atoms with Crippen molar-refractivity contribution in [3.05, 3.63) is 102 Å². The van der Waals surface area contributed by atoms with Crippen LogP contribution in [0, 0.1) is 11.8 Å². The fourth-order valence-electron chi connectivity index (χ4n) is 9.74. The number of likely N-dealkylation sites (tertiary alicyclic amines) is 1. The van der Waals surface area contributed by atoms with Gasteiger partial charge in [0.2, 0.25) is 0 Å². The van der Waals surface area contributed by atoms with Crippen LogP contribution in [0.15, 0.2) is 85.5 Å². The van der Waals surface area contributed by atoms with E-state index in [0.717, 1.165) is 72.2 Å². The first-order valence-corrected chi connectivity index (χ1v) is 25.9. The van der Waals surface area contributed by atoms with Crippen molar-refractivity contribution in [1.82, 2.24) is 40.1 Å². The predicted octanol–water partition coefficient (Wildman–Crippen LogP) is 10.4. The zero-order valence-electron chi connectivity index (χ0n) is 43.1. The highest BCUT2D eigenvalue weighted by Gasteiger charge is 2.32. The number of carbonyl (C=O) groups is 1. The van der Waals surface area contributed by atoms with E-state index in [1.54, 1.807) is 24.1 Å². The van der Waals surface area contributed by atoms with E-state index in [1.807, 2.05) is 81.4 Å². The molecule has 1 amide bonds. The largest absolute Gasteiger partial charge is 0.507 e. The number of hydrogen-bond donors (Lipinski definition) is 4. The van der Waals surface area contributed by atoms with Gasteiger partial charge < -0.3 is 50.5 Å². The molecule has 0 bridgehead atoms. The molecule has 6 heterocycles. The number of piperidine rings is 2. The summed E-state index contributed by atoms with van der Waals surface area (Å²) in [4.78, 5) is 42.0. The summed E-state index contributed by atoms with van der Waals surface area (Å²) in [5, 5.41) is 15.6.